The van der Waals surface area contributed by atoms with E-state index in [4.69, 9.17) is 9.97 Å². The molecule has 0 amide bonds. The lowest BCUT2D eigenvalue weighted by Crippen LogP contribution is -1.92. The summed E-state index contributed by atoms with van der Waals surface area (Å²) in [4.78, 5) is 10.3. The molecule has 4 aromatic heterocycles. The number of fused-ring (bicyclic) bond motifs is 16. The van der Waals surface area contributed by atoms with Crippen molar-refractivity contribution in [3.63, 3.8) is 0 Å². The maximum Gasteiger partial charge on any atom is 0.146 e. The van der Waals surface area contributed by atoms with Crippen LogP contribution in [0.3, 0.4) is 0 Å². The van der Waals surface area contributed by atoms with Crippen LogP contribution in [-0.2, 0) is 0 Å². The molecule has 4 heterocycles. The van der Waals surface area contributed by atoms with Crippen molar-refractivity contribution in [3.05, 3.63) is 158 Å². The second-order valence-electron chi connectivity index (χ2n) is 12.7. The molecule has 0 fully saturated rings. The van der Waals surface area contributed by atoms with Gasteiger partial charge in [0, 0.05) is 21.5 Å². The number of imidazole rings is 2. The van der Waals surface area contributed by atoms with Crippen LogP contribution in [0, 0.1) is 0 Å². The molecule has 0 spiro atoms. The highest BCUT2D eigenvalue weighted by Gasteiger charge is 2.16. The van der Waals surface area contributed by atoms with E-state index < -0.39 is 0 Å². The molecule has 4 nitrogen and oxygen atoms in total. The van der Waals surface area contributed by atoms with Crippen LogP contribution in [0.5, 0.6) is 0 Å². The third-order valence-corrected chi connectivity index (χ3v) is 10.0. The first-order chi connectivity index (χ1) is 23.8. The molecule has 7 aromatic carbocycles. The van der Waals surface area contributed by atoms with Crippen molar-refractivity contribution in [1.29, 1.82) is 0 Å². The molecule has 0 aliphatic carbocycles. The zero-order chi connectivity index (χ0) is 31.3. The fourth-order valence-corrected chi connectivity index (χ4v) is 7.86. The normalized spacial score (nSPS) is 12.2. The molecule has 11 aromatic rings. The van der Waals surface area contributed by atoms with E-state index >= 15 is 0 Å². The Hall–Kier alpha value is -6.52. The summed E-state index contributed by atoms with van der Waals surface area (Å²) in [5, 5.41) is 7.19. The molecule has 11 rings (SSSR count). The van der Waals surface area contributed by atoms with Gasteiger partial charge in [-0.1, -0.05) is 103 Å². The number of nitrogens with zero attached hydrogens (tertiary/aromatic N) is 4. The first kappa shape index (κ1) is 25.6. The highest BCUT2D eigenvalue weighted by Crippen LogP contribution is 2.38. The number of benzene rings is 7. The Balaban J connectivity index is 1.12. The number of hydrogen-bond acceptors (Lipinski definition) is 2. The fraction of sp³-hybridized carbons (Fsp3) is 0. The molecule has 0 bridgehead atoms. The minimum Gasteiger partial charge on any atom is -0.292 e. The summed E-state index contributed by atoms with van der Waals surface area (Å²) < 4.78 is 4.62. The summed E-state index contributed by atoms with van der Waals surface area (Å²) in [5.41, 5.74) is 13.3. The Bertz CT molecular complexity index is 2920. The Labute approximate surface area is 274 Å². The van der Waals surface area contributed by atoms with Crippen LogP contribution in [-0.4, -0.2) is 18.8 Å². The van der Waals surface area contributed by atoms with Crippen LogP contribution in [0.4, 0.5) is 0 Å². The van der Waals surface area contributed by atoms with Crippen LogP contribution in [0.25, 0.3) is 99.0 Å². The molecule has 4 heteroatoms. The quantitative estimate of drug-likeness (QED) is 0.183. The minimum absolute atomic E-state index is 0.987. The van der Waals surface area contributed by atoms with E-state index in [9.17, 15) is 0 Å². The van der Waals surface area contributed by atoms with E-state index in [0.717, 1.165) is 44.1 Å². The maximum atomic E-state index is 5.14. The van der Waals surface area contributed by atoms with Gasteiger partial charge in [-0.15, -0.1) is 0 Å². The summed E-state index contributed by atoms with van der Waals surface area (Å²) in [7, 11) is 0. The van der Waals surface area contributed by atoms with Gasteiger partial charge in [-0.3, -0.25) is 8.80 Å². The summed E-state index contributed by atoms with van der Waals surface area (Å²) in [5.74, 6) is 0. The monoisotopic (exact) mass is 610 g/mol. The molecule has 222 valence electrons. The summed E-state index contributed by atoms with van der Waals surface area (Å²) in [6, 6.07) is 56.6. The van der Waals surface area contributed by atoms with E-state index in [-0.39, 0.29) is 0 Å². The molecule has 48 heavy (non-hydrogen) atoms. The van der Waals surface area contributed by atoms with Gasteiger partial charge in [-0.05, 0) is 87.6 Å². The zero-order valence-electron chi connectivity index (χ0n) is 25.8. The van der Waals surface area contributed by atoms with Gasteiger partial charge in [-0.25, -0.2) is 9.97 Å². The lowest BCUT2D eigenvalue weighted by Gasteiger charge is -2.12. The molecule has 0 unspecified atom stereocenters. The predicted octanol–water partition coefficient (Wildman–Crippen LogP) is 11.2. The van der Waals surface area contributed by atoms with E-state index in [2.05, 4.69) is 167 Å². The van der Waals surface area contributed by atoms with Gasteiger partial charge in [0.2, 0.25) is 0 Å². The maximum absolute atomic E-state index is 5.14. The first-order valence-corrected chi connectivity index (χ1v) is 16.3. The standard InChI is InChI=1S/C44H26N4/c1-5-16-39-33(12-1)31-22-20-29(25-35(31)43-45-37-14-3-7-18-41(37)47(39)43)27-10-9-11-28(24-27)30-21-23-32-34-13-2-6-17-40(34)48-42-19-8-4-15-38(42)46-44(48)36(32)26-30/h1-26H. The van der Waals surface area contributed by atoms with Crippen LogP contribution in [0.2, 0.25) is 0 Å². The predicted molar refractivity (Wildman–Crippen MR) is 200 cm³/mol. The number of hydrogen-bond donors (Lipinski definition) is 0. The smallest absolute Gasteiger partial charge is 0.146 e. The fourth-order valence-electron chi connectivity index (χ4n) is 7.86. The van der Waals surface area contributed by atoms with Crippen molar-refractivity contribution in [1.82, 2.24) is 18.8 Å². The summed E-state index contributed by atoms with van der Waals surface area (Å²) >= 11 is 0. The molecule has 0 radical (unpaired) electrons. The topological polar surface area (TPSA) is 34.6 Å². The van der Waals surface area contributed by atoms with Gasteiger partial charge in [-0.2, -0.15) is 0 Å². The van der Waals surface area contributed by atoms with Crippen molar-refractivity contribution in [2.24, 2.45) is 0 Å². The summed E-state index contributed by atoms with van der Waals surface area (Å²) in [6.45, 7) is 0. The Morgan fingerprint density at radius 1 is 0.292 bits per heavy atom. The average Bonchev–Trinajstić information content (AvgIpc) is 3.75. The average molecular weight is 611 g/mol. The Morgan fingerprint density at radius 3 is 1.21 bits per heavy atom. The van der Waals surface area contributed by atoms with Crippen molar-refractivity contribution in [2.45, 2.75) is 0 Å². The van der Waals surface area contributed by atoms with Crippen LogP contribution in [0.1, 0.15) is 0 Å². The zero-order valence-corrected chi connectivity index (χ0v) is 25.8. The van der Waals surface area contributed by atoms with Crippen molar-refractivity contribution < 1.29 is 0 Å². The Morgan fingerprint density at radius 2 is 0.708 bits per heavy atom. The minimum atomic E-state index is 0.987. The van der Waals surface area contributed by atoms with Gasteiger partial charge >= 0.3 is 0 Å². The van der Waals surface area contributed by atoms with Crippen LogP contribution < -0.4 is 0 Å². The van der Waals surface area contributed by atoms with Crippen molar-refractivity contribution >= 4 is 76.7 Å². The van der Waals surface area contributed by atoms with E-state index in [1.165, 1.54) is 54.8 Å². The van der Waals surface area contributed by atoms with Gasteiger partial charge in [0.1, 0.15) is 11.3 Å². The SMILES string of the molecule is c1cc(-c2ccc3c4ccccc4n4c5ccccc5nc4c3c2)cc(-c2ccc3c4ccccc4n4c5ccccc5nc4c3c2)c1. The molecule has 0 saturated heterocycles. The highest BCUT2D eigenvalue weighted by atomic mass is 15.0. The van der Waals surface area contributed by atoms with Gasteiger partial charge < -0.3 is 0 Å². The van der Waals surface area contributed by atoms with E-state index in [1.807, 2.05) is 0 Å². The number of aromatic nitrogens is 4. The van der Waals surface area contributed by atoms with Crippen molar-refractivity contribution in [2.75, 3.05) is 0 Å². The molecule has 0 atom stereocenters. The summed E-state index contributed by atoms with van der Waals surface area (Å²) in [6.07, 6.45) is 0. The number of rotatable bonds is 2. The molecule has 0 N–H and O–H groups in total. The van der Waals surface area contributed by atoms with Gasteiger partial charge in [0.05, 0.1) is 33.1 Å². The second-order valence-corrected chi connectivity index (χ2v) is 12.7. The lowest BCUT2D eigenvalue weighted by molar-refractivity contribution is 1.31. The second kappa shape index (κ2) is 9.50. The van der Waals surface area contributed by atoms with Gasteiger partial charge in [0.15, 0.2) is 0 Å². The molecular weight excluding hydrogens is 585 g/mol. The molecule has 0 aliphatic rings. The third kappa shape index (κ3) is 3.49. The molecule has 0 aliphatic heterocycles. The van der Waals surface area contributed by atoms with Gasteiger partial charge in [0.25, 0.3) is 0 Å². The van der Waals surface area contributed by atoms with Crippen LogP contribution >= 0.6 is 0 Å². The Kier molecular flexibility index (Phi) is 5.08. The first-order valence-electron chi connectivity index (χ1n) is 16.3. The highest BCUT2D eigenvalue weighted by molar-refractivity contribution is 6.16. The molecule has 0 saturated carbocycles. The van der Waals surface area contributed by atoms with E-state index in [0.29, 0.717) is 0 Å². The number of pyridine rings is 2. The lowest BCUT2D eigenvalue weighted by atomic mass is 9.95. The molecular formula is C44H26N4. The van der Waals surface area contributed by atoms with E-state index in [1.54, 1.807) is 0 Å². The number of para-hydroxylation sites is 6. The van der Waals surface area contributed by atoms with Crippen LogP contribution in [0.15, 0.2) is 158 Å². The van der Waals surface area contributed by atoms with Crippen molar-refractivity contribution in [3.8, 4) is 22.3 Å². The largest absolute Gasteiger partial charge is 0.292 e. The third-order valence-electron chi connectivity index (χ3n) is 10.0.